The maximum atomic E-state index is 13.5. The van der Waals surface area contributed by atoms with Crippen LogP contribution in [-0.4, -0.2) is 36.1 Å². The maximum Gasteiger partial charge on any atom is 0.261 e. The lowest BCUT2D eigenvalue weighted by atomic mass is 10.1. The summed E-state index contributed by atoms with van der Waals surface area (Å²) in [7, 11) is 0. The molecule has 6 heteroatoms. The molecule has 23 heavy (non-hydrogen) atoms. The van der Waals surface area contributed by atoms with Crippen LogP contribution in [-0.2, 0) is 4.79 Å². The van der Waals surface area contributed by atoms with Crippen molar-refractivity contribution < 1.29 is 13.9 Å². The van der Waals surface area contributed by atoms with E-state index in [-0.39, 0.29) is 17.7 Å². The summed E-state index contributed by atoms with van der Waals surface area (Å²) in [5, 5.41) is 2.90. The van der Waals surface area contributed by atoms with E-state index in [1.165, 1.54) is 12.1 Å². The predicted molar refractivity (Wildman–Crippen MR) is 84.9 cm³/mol. The Balaban J connectivity index is 1.48. The van der Waals surface area contributed by atoms with Crippen molar-refractivity contribution in [3.8, 4) is 5.75 Å². The van der Waals surface area contributed by atoms with Crippen LogP contribution in [0.1, 0.15) is 6.92 Å². The second kappa shape index (κ2) is 6.64. The molecule has 2 heterocycles. The summed E-state index contributed by atoms with van der Waals surface area (Å²) in [6, 6.07) is 11.8. The summed E-state index contributed by atoms with van der Waals surface area (Å²) >= 11 is 0. The summed E-state index contributed by atoms with van der Waals surface area (Å²) in [5.74, 6) is 0.253. The Kier molecular flexibility index (Phi) is 4.41. The van der Waals surface area contributed by atoms with E-state index >= 15 is 0 Å². The first-order valence-corrected chi connectivity index (χ1v) is 7.51. The first-order chi connectivity index (χ1) is 11.1. The number of hydrogen-bond acceptors (Lipinski definition) is 4. The minimum absolute atomic E-state index is 0.0520. The first kappa shape index (κ1) is 15.3. The SMILES string of the molecule is CC(Oc1ccccc1F)C(=O)NC1CN(c2ccccn2)C1. The van der Waals surface area contributed by atoms with Gasteiger partial charge in [0.1, 0.15) is 5.82 Å². The zero-order valence-electron chi connectivity index (χ0n) is 12.8. The number of carbonyl (C=O) groups is 1. The van der Waals surface area contributed by atoms with E-state index in [4.69, 9.17) is 4.74 Å². The number of ether oxygens (including phenoxy) is 1. The molecule has 1 aromatic carbocycles. The molecule has 1 aliphatic heterocycles. The largest absolute Gasteiger partial charge is 0.478 e. The molecule has 0 saturated carbocycles. The third kappa shape index (κ3) is 3.59. The van der Waals surface area contributed by atoms with Gasteiger partial charge in [-0.1, -0.05) is 18.2 Å². The van der Waals surface area contributed by atoms with Crippen LogP contribution in [0.25, 0.3) is 0 Å². The van der Waals surface area contributed by atoms with Crippen LogP contribution >= 0.6 is 0 Å². The number of nitrogens with zero attached hydrogens (tertiary/aromatic N) is 2. The molecule has 5 nitrogen and oxygen atoms in total. The van der Waals surface area contributed by atoms with Gasteiger partial charge in [0.2, 0.25) is 0 Å². The quantitative estimate of drug-likeness (QED) is 0.917. The molecule has 120 valence electrons. The second-order valence-electron chi connectivity index (χ2n) is 5.49. The number of anilines is 1. The smallest absolute Gasteiger partial charge is 0.261 e. The van der Waals surface area contributed by atoms with Crippen molar-refractivity contribution in [2.45, 2.75) is 19.1 Å². The lowest BCUT2D eigenvalue weighted by Gasteiger charge is -2.40. The van der Waals surface area contributed by atoms with Crippen LogP contribution in [0.15, 0.2) is 48.7 Å². The van der Waals surface area contributed by atoms with Crippen molar-refractivity contribution in [2.24, 2.45) is 0 Å². The van der Waals surface area contributed by atoms with Crippen molar-refractivity contribution in [1.82, 2.24) is 10.3 Å². The van der Waals surface area contributed by atoms with Gasteiger partial charge in [0, 0.05) is 19.3 Å². The van der Waals surface area contributed by atoms with Gasteiger partial charge >= 0.3 is 0 Å². The van der Waals surface area contributed by atoms with Crippen molar-refractivity contribution >= 4 is 11.7 Å². The molecule has 3 rings (SSSR count). The monoisotopic (exact) mass is 315 g/mol. The molecule has 0 bridgehead atoms. The van der Waals surface area contributed by atoms with E-state index in [9.17, 15) is 9.18 Å². The number of benzene rings is 1. The molecule has 1 saturated heterocycles. The molecular weight excluding hydrogens is 297 g/mol. The lowest BCUT2D eigenvalue weighted by molar-refractivity contribution is -0.128. The Hall–Kier alpha value is -2.63. The minimum Gasteiger partial charge on any atom is -0.478 e. The normalized spacial score (nSPS) is 15.7. The number of rotatable bonds is 5. The van der Waals surface area contributed by atoms with Crippen molar-refractivity contribution in [3.05, 3.63) is 54.5 Å². The van der Waals surface area contributed by atoms with E-state index < -0.39 is 11.9 Å². The van der Waals surface area contributed by atoms with Gasteiger partial charge in [-0.25, -0.2) is 9.37 Å². The number of hydrogen-bond donors (Lipinski definition) is 1. The van der Waals surface area contributed by atoms with Crippen LogP contribution in [0, 0.1) is 5.82 Å². The van der Waals surface area contributed by atoms with Gasteiger partial charge in [-0.15, -0.1) is 0 Å². The van der Waals surface area contributed by atoms with Crippen LogP contribution in [0.5, 0.6) is 5.75 Å². The molecule has 0 spiro atoms. The number of para-hydroxylation sites is 1. The second-order valence-corrected chi connectivity index (χ2v) is 5.49. The molecule has 1 unspecified atom stereocenters. The Labute approximate surface area is 134 Å². The highest BCUT2D eigenvalue weighted by Gasteiger charge is 2.30. The molecule has 1 aromatic heterocycles. The molecule has 0 aliphatic carbocycles. The summed E-state index contributed by atoms with van der Waals surface area (Å²) in [6.07, 6.45) is 0.988. The third-order valence-electron chi connectivity index (χ3n) is 3.71. The van der Waals surface area contributed by atoms with E-state index in [2.05, 4.69) is 15.2 Å². The summed E-state index contributed by atoms with van der Waals surface area (Å²) in [6.45, 7) is 3.02. The molecule has 1 atom stereocenters. The van der Waals surface area contributed by atoms with Crippen molar-refractivity contribution in [1.29, 1.82) is 0 Å². The Morgan fingerprint density at radius 1 is 1.30 bits per heavy atom. The molecular formula is C17H18FN3O2. The van der Waals surface area contributed by atoms with Gasteiger partial charge < -0.3 is 15.0 Å². The van der Waals surface area contributed by atoms with Gasteiger partial charge in [0.05, 0.1) is 6.04 Å². The van der Waals surface area contributed by atoms with Gasteiger partial charge in [-0.05, 0) is 31.2 Å². The van der Waals surface area contributed by atoms with Gasteiger partial charge in [0.15, 0.2) is 17.7 Å². The Bertz CT molecular complexity index is 675. The van der Waals surface area contributed by atoms with E-state index in [0.29, 0.717) is 13.1 Å². The number of pyridine rings is 1. The highest BCUT2D eigenvalue weighted by molar-refractivity contribution is 5.81. The average molecular weight is 315 g/mol. The molecule has 1 N–H and O–H groups in total. The van der Waals surface area contributed by atoms with Crippen LogP contribution in [0.4, 0.5) is 10.2 Å². The molecule has 1 fully saturated rings. The number of carbonyl (C=O) groups excluding carboxylic acids is 1. The fourth-order valence-corrected chi connectivity index (χ4v) is 2.40. The highest BCUT2D eigenvalue weighted by atomic mass is 19.1. The summed E-state index contributed by atoms with van der Waals surface area (Å²) < 4.78 is 18.9. The average Bonchev–Trinajstić information content (AvgIpc) is 2.53. The molecule has 1 aliphatic rings. The summed E-state index contributed by atoms with van der Waals surface area (Å²) in [5.41, 5.74) is 0. The van der Waals surface area contributed by atoms with Crippen LogP contribution < -0.4 is 15.0 Å². The van der Waals surface area contributed by atoms with Crippen LogP contribution in [0.2, 0.25) is 0 Å². The zero-order valence-corrected chi connectivity index (χ0v) is 12.8. The van der Waals surface area contributed by atoms with E-state index in [0.717, 1.165) is 5.82 Å². The maximum absolute atomic E-state index is 13.5. The lowest BCUT2D eigenvalue weighted by Crippen LogP contribution is -2.61. The van der Waals surface area contributed by atoms with E-state index in [1.54, 1.807) is 25.3 Å². The zero-order chi connectivity index (χ0) is 16.2. The van der Waals surface area contributed by atoms with Crippen LogP contribution in [0.3, 0.4) is 0 Å². The Morgan fingerprint density at radius 2 is 2.04 bits per heavy atom. The fraction of sp³-hybridized carbons (Fsp3) is 0.294. The third-order valence-corrected chi connectivity index (χ3v) is 3.71. The standard InChI is InChI=1S/C17H18FN3O2/c1-12(23-15-7-3-2-6-14(15)18)17(22)20-13-10-21(11-13)16-8-4-5-9-19-16/h2-9,12-13H,10-11H2,1H3,(H,20,22). The number of halogens is 1. The Morgan fingerprint density at radius 3 is 2.74 bits per heavy atom. The molecule has 2 aromatic rings. The molecule has 1 amide bonds. The topological polar surface area (TPSA) is 54.5 Å². The van der Waals surface area contributed by atoms with E-state index in [1.807, 2.05) is 18.2 Å². The van der Waals surface area contributed by atoms with Gasteiger partial charge in [-0.3, -0.25) is 4.79 Å². The number of amides is 1. The van der Waals surface area contributed by atoms with Gasteiger partial charge in [0.25, 0.3) is 5.91 Å². The fourth-order valence-electron chi connectivity index (χ4n) is 2.40. The highest BCUT2D eigenvalue weighted by Crippen LogP contribution is 2.19. The number of aromatic nitrogens is 1. The first-order valence-electron chi connectivity index (χ1n) is 7.51. The number of nitrogens with one attached hydrogen (secondary N) is 1. The van der Waals surface area contributed by atoms with Crippen molar-refractivity contribution in [2.75, 3.05) is 18.0 Å². The summed E-state index contributed by atoms with van der Waals surface area (Å²) in [4.78, 5) is 18.5. The van der Waals surface area contributed by atoms with Gasteiger partial charge in [-0.2, -0.15) is 0 Å². The minimum atomic E-state index is -0.754. The molecule has 0 radical (unpaired) electrons. The van der Waals surface area contributed by atoms with Crippen molar-refractivity contribution in [3.63, 3.8) is 0 Å². The predicted octanol–water partition coefficient (Wildman–Crippen LogP) is 1.99.